The summed E-state index contributed by atoms with van der Waals surface area (Å²) in [5.41, 5.74) is 2.22. The molecule has 184 valence electrons. The fraction of sp³-hybridized carbons (Fsp3) is 0.346. The van der Waals surface area contributed by atoms with Crippen LogP contribution in [0.3, 0.4) is 0 Å². The number of nitrogens with zero attached hydrogens (tertiary/aromatic N) is 2. The summed E-state index contributed by atoms with van der Waals surface area (Å²) >= 11 is 1.40. The zero-order chi connectivity index (χ0) is 25.1. The van der Waals surface area contributed by atoms with E-state index in [2.05, 4.69) is 10.3 Å². The van der Waals surface area contributed by atoms with Crippen LogP contribution >= 0.6 is 11.8 Å². The quantitative estimate of drug-likeness (QED) is 0.450. The first-order valence-corrected chi connectivity index (χ1v) is 12.3. The lowest BCUT2D eigenvalue weighted by Gasteiger charge is -2.39. The molecule has 1 amide bonds. The number of esters is 1. The predicted molar refractivity (Wildman–Crippen MR) is 134 cm³/mol. The van der Waals surface area contributed by atoms with E-state index in [-0.39, 0.29) is 24.1 Å². The molecule has 1 aromatic heterocycles. The fourth-order valence-electron chi connectivity index (χ4n) is 4.13. The summed E-state index contributed by atoms with van der Waals surface area (Å²) < 4.78 is 16.8. The number of pyridine rings is 1. The molecule has 1 N–H and O–H groups in total. The van der Waals surface area contributed by atoms with E-state index >= 15 is 0 Å². The highest BCUT2D eigenvalue weighted by molar-refractivity contribution is 8.05. The maximum Gasteiger partial charge on any atom is 0.338 e. The predicted octanol–water partition coefficient (Wildman–Crippen LogP) is 4.26. The van der Waals surface area contributed by atoms with Crippen LogP contribution in [-0.2, 0) is 14.3 Å². The summed E-state index contributed by atoms with van der Waals surface area (Å²) in [6.45, 7) is 7.69. The van der Waals surface area contributed by atoms with Gasteiger partial charge in [-0.05, 0) is 63.1 Å². The van der Waals surface area contributed by atoms with Gasteiger partial charge in [-0.25, -0.2) is 4.79 Å². The molecule has 3 heterocycles. The van der Waals surface area contributed by atoms with Crippen molar-refractivity contribution in [2.24, 2.45) is 0 Å². The first kappa shape index (κ1) is 24.7. The lowest BCUT2D eigenvalue weighted by molar-refractivity contribution is -0.140. The average Bonchev–Trinajstić information content (AvgIpc) is 3.13. The highest BCUT2D eigenvalue weighted by Crippen LogP contribution is 2.47. The van der Waals surface area contributed by atoms with E-state index in [4.69, 9.17) is 14.2 Å². The van der Waals surface area contributed by atoms with Gasteiger partial charge in [0.25, 0.3) is 5.91 Å². The third-order valence-electron chi connectivity index (χ3n) is 5.58. The normalized spacial score (nSPS) is 20.7. The van der Waals surface area contributed by atoms with Gasteiger partial charge in [0.2, 0.25) is 0 Å². The minimum atomic E-state index is -0.665. The van der Waals surface area contributed by atoms with Gasteiger partial charge >= 0.3 is 5.97 Å². The van der Waals surface area contributed by atoms with Gasteiger partial charge in [0, 0.05) is 18.1 Å². The topological polar surface area (TPSA) is 90.0 Å². The Hall–Kier alpha value is -3.46. The number of carbonyl (C=O) groups excluding carboxylic acids is 2. The van der Waals surface area contributed by atoms with Crippen LogP contribution in [0.15, 0.2) is 58.9 Å². The van der Waals surface area contributed by atoms with Crippen LogP contribution < -0.4 is 14.8 Å². The van der Waals surface area contributed by atoms with Gasteiger partial charge in [-0.15, -0.1) is 0 Å². The lowest BCUT2D eigenvalue weighted by atomic mass is 9.93. The van der Waals surface area contributed by atoms with Crippen molar-refractivity contribution in [2.45, 2.75) is 45.3 Å². The smallest absolute Gasteiger partial charge is 0.338 e. The van der Waals surface area contributed by atoms with Crippen molar-refractivity contribution in [1.29, 1.82) is 0 Å². The van der Waals surface area contributed by atoms with Crippen molar-refractivity contribution in [3.8, 4) is 11.5 Å². The van der Waals surface area contributed by atoms with Crippen LogP contribution in [-0.4, -0.2) is 47.1 Å². The minimum absolute atomic E-state index is 0.0352. The van der Waals surface area contributed by atoms with Gasteiger partial charge < -0.3 is 19.5 Å². The number of amides is 1. The van der Waals surface area contributed by atoms with Crippen LogP contribution in [0.4, 0.5) is 0 Å². The van der Waals surface area contributed by atoms with Crippen molar-refractivity contribution in [2.75, 3.05) is 13.7 Å². The Kier molecular flexibility index (Phi) is 7.35. The molecule has 0 radical (unpaired) electrons. The Balaban J connectivity index is 1.80. The number of thioether (sulfide) groups is 1. The summed E-state index contributed by atoms with van der Waals surface area (Å²) in [5.74, 6) is 0.467. The molecule has 2 aliphatic heterocycles. The molecule has 9 heteroatoms. The van der Waals surface area contributed by atoms with Crippen molar-refractivity contribution in [3.63, 3.8) is 0 Å². The van der Waals surface area contributed by atoms with Gasteiger partial charge in [-0.1, -0.05) is 23.9 Å². The highest BCUT2D eigenvalue weighted by Gasteiger charge is 2.48. The molecule has 1 aromatic carbocycles. The van der Waals surface area contributed by atoms with E-state index in [0.29, 0.717) is 27.7 Å². The molecule has 0 aliphatic carbocycles. The summed E-state index contributed by atoms with van der Waals surface area (Å²) in [5, 5.41) is 3.31. The van der Waals surface area contributed by atoms with Crippen LogP contribution in [0.2, 0.25) is 0 Å². The molecule has 0 spiro atoms. The monoisotopic (exact) mass is 495 g/mol. The number of methoxy groups -OCH3 is 1. The van der Waals surface area contributed by atoms with Crippen molar-refractivity contribution in [1.82, 2.24) is 15.2 Å². The van der Waals surface area contributed by atoms with Gasteiger partial charge in [0.1, 0.15) is 0 Å². The lowest BCUT2D eigenvalue weighted by Crippen LogP contribution is -2.50. The summed E-state index contributed by atoms with van der Waals surface area (Å²) in [7, 11) is 1.57. The summed E-state index contributed by atoms with van der Waals surface area (Å²) in [4.78, 5) is 33.1. The zero-order valence-corrected chi connectivity index (χ0v) is 21.2. The van der Waals surface area contributed by atoms with Crippen molar-refractivity contribution in [3.05, 3.63) is 70.0 Å². The number of hydrogen-bond donors (Lipinski definition) is 1. The number of hydrogen-bond acceptors (Lipinski definition) is 8. The molecule has 2 aliphatic rings. The van der Waals surface area contributed by atoms with E-state index < -0.39 is 12.0 Å². The van der Waals surface area contributed by atoms with Crippen LogP contribution in [0.1, 0.15) is 44.9 Å². The number of aromatic nitrogens is 1. The molecule has 0 unspecified atom stereocenters. The van der Waals surface area contributed by atoms with Gasteiger partial charge in [-0.2, -0.15) is 0 Å². The van der Waals surface area contributed by atoms with Crippen LogP contribution in [0.25, 0.3) is 6.08 Å². The fourth-order valence-corrected chi connectivity index (χ4v) is 5.35. The Morgan fingerprint density at radius 3 is 2.74 bits per heavy atom. The van der Waals surface area contributed by atoms with Gasteiger partial charge in [-0.3, -0.25) is 14.7 Å². The Labute approximate surface area is 209 Å². The molecule has 8 nitrogen and oxygen atoms in total. The third kappa shape index (κ3) is 5.00. The number of allylic oxidation sites excluding steroid dienone is 1. The zero-order valence-electron chi connectivity index (χ0n) is 20.4. The molecule has 0 bridgehead atoms. The SMILES string of the molecule is CCOC(=O)C1=C(C)N[C@@H]2S/C(=C\c3cccnc3)C(=O)N2[C@H]1c1ccc(OC(C)C)c(OC)c1. The summed E-state index contributed by atoms with van der Waals surface area (Å²) in [6, 6.07) is 8.54. The number of fused-ring (bicyclic) bond motifs is 1. The standard InChI is InChI=1S/C26H29N3O5S/c1-6-33-25(31)22-16(4)28-26-29(24(30)21(35-26)12-17-8-7-11-27-14-17)23(22)18-9-10-19(34-15(2)3)20(13-18)32-5/h7-15,23,26,28H,6H2,1-5H3/b21-12-/t23-,26-/m0/s1. The van der Waals surface area contributed by atoms with E-state index in [1.165, 1.54) is 11.8 Å². The molecule has 0 saturated carbocycles. The minimum Gasteiger partial charge on any atom is -0.493 e. The average molecular weight is 496 g/mol. The van der Waals surface area contributed by atoms with Crippen molar-refractivity contribution < 1.29 is 23.8 Å². The molecular weight excluding hydrogens is 466 g/mol. The number of carbonyl (C=O) groups is 2. The van der Waals surface area contributed by atoms with Crippen LogP contribution in [0.5, 0.6) is 11.5 Å². The highest BCUT2D eigenvalue weighted by atomic mass is 32.2. The number of benzene rings is 1. The van der Waals surface area contributed by atoms with E-state index in [1.54, 1.807) is 31.3 Å². The number of ether oxygens (including phenoxy) is 3. The molecule has 2 atom stereocenters. The summed E-state index contributed by atoms with van der Waals surface area (Å²) in [6.07, 6.45) is 5.17. The van der Waals surface area contributed by atoms with Crippen molar-refractivity contribution >= 4 is 29.7 Å². The first-order chi connectivity index (χ1) is 16.8. The number of rotatable bonds is 7. The molecule has 1 fully saturated rings. The van der Waals surface area contributed by atoms with E-state index in [0.717, 1.165) is 11.1 Å². The van der Waals surface area contributed by atoms with E-state index in [9.17, 15) is 9.59 Å². The largest absolute Gasteiger partial charge is 0.493 e. The number of nitrogens with one attached hydrogen (secondary N) is 1. The van der Waals surface area contributed by atoms with E-state index in [1.807, 2.05) is 57.2 Å². The maximum atomic E-state index is 13.7. The second-order valence-electron chi connectivity index (χ2n) is 8.36. The first-order valence-electron chi connectivity index (χ1n) is 11.4. The molecule has 4 rings (SSSR count). The molecule has 2 aromatic rings. The Morgan fingerprint density at radius 1 is 1.29 bits per heavy atom. The molecule has 1 saturated heterocycles. The molecule has 35 heavy (non-hydrogen) atoms. The maximum absolute atomic E-state index is 13.7. The Bertz CT molecular complexity index is 1180. The van der Waals surface area contributed by atoms with Gasteiger partial charge in [0.05, 0.1) is 36.3 Å². The third-order valence-corrected chi connectivity index (χ3v) is 6.69. The van der Waals surface area contributed by atoms with Gasteiger partial charge in [0.15, 0.2) is 17.0 Å². The second kappa shape index (κ2) is 10.4. The molecular formula is C26H29N3O5S. The second-order valence-corrected chi connectivity index (χ2v) is 9.48. The Morgan fingerprint density at radius 2 is 2.09 bits per heavy atom. The van der Waals surface area contributed by atoms with Crippen LogP contribution in [0, 0.1) is 0 Å².